The second kappa shape index (κ2) is 5.37. The molecule has 0 radical (unpaired) electrons. The van der Waals surface area contributed by atoms with Crippen LogP contribution in [0.15, 0.2) is 28.2 Å². The molecule has 0 spiro atoms. The average molecular weight is 257 g/mol. The lowest BCUT2D eigenvalue weighted by Gasteiger charge is -2.11. The number of halogens is 1. The maximum atomic E-state index is 5.75. The first-order valence-electron chi connectivity index (χ1n) is 5.14. The van der Waals surface area contributed by atoms with Gasteiger partial charge in [0.25, 0.3) is 0 Å². The lowest BCUT2D eigenvalue weighted by Crippen LogP contribution is -2.15. The fourth-order valence-corrected chi connectivity index (χ4v) is 2.37. The summed E-state index contributed by atoms with van der Waals surface area (Å²) in [6, 6.07) is 4.26. The van der Waals surface area contributed by atoms with E-state index in [1.54, 1.807) is 6.26 Å². The predicted molar refractivity (Wildman–Crippen MR) is 67.2 cm³/mol. The summed E-state index contributed by atoms with van der Waals surface area (Å²) >= 11 is 7.27. The second-order valence-electron chi connectivity index (χ2n) is 3.64. The largest absolute Gasteiger partial charge is 0.469 e. The fraction of sp³-hybridized carbons (Fsp3) is 0.364. The molecule has 5 heteroatoms. The smallest absolute Gasteiger partial charge is 0.184 e. The van der Waals surface area contributed by atoms with Gasteiger partial charge >= 0.3 is 0 Å². The lowest BCUT2D eigenvalue weighted by molar-refractivity contribution is 0.495. The number of rotatable bonds is 5. The summed E-state index contributed by atoms with van der Waals surface area (Å²) in [7, 11) is 0. The Kier molecular flexibility index (Phi) is 3.85. The van der Waals surface area contributed by atoms with Crippen molar-refractivity contribution < 1.29 is 4.42 Å². The molecule has 0 fully saturated rings. The van der Waals surface area contributed by atoms with Crippen molar-refractivity contribution in [1.82, 2.24) is 4.98 Å². The summed E-state index contributed by atoms with van der Waals surface area (Å²) in [5.74, 6) is 1.02. The van der Waals surface area contributed by atoms with Crippen LogP contribution in [0.1, 0.15) is 19.1 Å². The van der Waals surface area contributed by atoms with E-state index in [1.807, 2.05) is 17.5 Å². The highest BCUT2D eigenvalue weighted by molar-refractivity contribution is 7.14. The molecule has 2 aromatic rings. The van der Waals surface area contributed by atoms with Gasteiger partial charge in [-0.1, -0.05) is 11.6 Å². The summed E-state index contributed by atoms with van der Waals surface area (Å²) in [4.78, 5) is 4.15. The Morgan fingerprint density at radius 2 is 2.50 bits per heavy atom. The molecule has 16 heavy (non-hydrogen) atoms. The lowest BCUT2D eigenvalue weighted by atomic mass is 10.1. The quantitative estimate of drug-likeness (QED) is 0.884. The Hall–Kier alpha value is -1.000. The molecular weight excluding hydrogens is 244 g/mol. The molecule has 0 amide bonds. The number of anilines is 1. The van der Waals surface area contributed by atoms with Gasteiger partial charge in [-0.3, -0.25) is 0 Å². The molecule has 1 unspecified atom stereocenters. The van der Waals surface area contributed by atoms with E-state index in [0.717, 1.165) is 23.7 Å². The van der Waals surface area contributed by atoms with Crippen LogP contribution in [0.2, 0.25) is 5.15 Å². The standard InChI is InChI=1S/C11H13ClN2OS/c1-8(4-5-9-3-2-6-15-9)13-11-14-10(12)7-16-11/h2-3,6-8H,4-5H2,1H3,(H,13,14). The van der Waals surface area contributed by atoms with Gasteiger partial charge in [0.1, 0.15) is 10.9 Å². The van der Waals surface area contributed by atoms with Crippen LogP contribution in [0.4, 0.5) is 5.13 Å². The molecule has 2 aromatic heterocycles. The Bertz CT molecular complexity index is 427. The molecule has 0 aliphatic carbocycles. The number of aryl methyl sites for hydroxylation is 1. The van der Waals surface area contributed by atoms with Gasteiger partial charge in [0, 0.05) is 17.8 Å². The van der Waals surface area contributed by atoms with Crippen LogP contribution in [-0.2, 0) is 6.42 Å². The van der Waals surface area contributed by atoms with Crippen LogP contribution in [-0.4, -0.2) is 11.0 Å². The normalized spacial score (nSPS) is 12.6. The summed E-state index contributed by atoms with van der Waals surface area (Å²) in [6.45, 7) is 2.12. The van der Waals surface area contributed by atoms with Crippen molar-refractivity contribution in [2.45, 2.75) is 25.8 Å². The minimum absolute atomic E-state index is 0.354. The Balaban J connectivity index is 1.78. The van der Waals surface area contributed by atoms with Crippen molar-refractivity contribution in [3.63, 3.8) is 0 Å². The van der Waals surface area contributed by atoms with Crippen LogP contribution in [0.25, 0.3) is 0 Å². The van der Waals surface area contributed by atoms with Crippen molar-refractivity contribution >= 4 is 28.1 Å². The molecule has 0 aliphatic heterocycles. The third kappa shape index (κ3) is 3.25. The zero-order chi connectivity index (χ0) is 11.4. The molecule has 86 valence electrons. The maximum absolute atomic E-state index is 5.75. The molecule has 0 saturated heterocycles. The van der Waals surface area contributed by atoms with Crippen LogP contribution in [0.3, 0.4) is 0 Å². The molecule has 0 saturated carbocycles. The minimum atomic E-state index is 0.354. The van der Waals surface area contributed by atoms with Crippen molar-refractivity contribution in [2.24, 2.45) is 0 Å². The first-order valence-corrected chi connectivity index (χ1v) is 6.40. The molecule has 2 heterocycles. The van der Waals surface area contributed by atoms with Gasteiger partial charge in [0.15, 0.2) is 5.13 Å². The van der Waals surface area contributed by atoms with Crippen LogP contribution < -0.4 is 5.32 Å². The van der Waals surface area contributed by atoms with Crippen LogP contribution in [0.5, 0.6) is 0 Å². The molecule has 3 nitrogen and oxygen atoms in total. The molecule has 0 bridgehead atoms. The van der Waals surface area contributed by atoms with E-state index in [4.69, 9.17) is 16.0 Å². The molecule has 0 aromatic carbocycles. The van der Waals surface area contributed by atoms with E-state index in [-0.39, 0.29) is 0 Å². The van der Waals surface area contributed by atoms with E-state index < -0.39 is 0 Å². The highest BCUT2D eigenvalue weighted by atomic mass is 35.5. The number of aromatic nitrogens is 1. The summed E-state index contributed by atoms with van der Waals surface area (Å²) in [5, 5.41) is 6.55. The predicted octanol–water partition coefficient (Wildman–Crippen LogP) is 3.82. The molecule has 1 atom stereocenters. The first-order chi connectivity index (χ1) is 7.74. The average Bonchev–Trinajstić information content (AvgIpc) is 2.87. The van der Waals surface area contributed by atoms with Crippen molar-refractivity contribution in [1.29, 1.82) is 0 Å². The third-order valence-corrected chi connectivity index (χ3v) is 3.35. The van der Waals surface area contributed by atoms with Crippen molar-refractivity contribution in [3.05, 3.63) is 34.7 Å². The van der Waals surface area contributed by atoms with E-state index in [0.29, 0.717) is 11.2 Å². The molecular formula is C11H13ClN2OS. The Labute approximate surface area is 103 Å². The van der Waals surface area contributed by atoms with Crippen molar-refractivity contribution in [2.75, 3.05) is 5.32 Å². The maximum Gasteiger partial charge on any atom is 0.184 e. The monoisotopic (exact) mass is 256 g/mol. The number of thiazole rings is 1. The van der Waals surface area contributed by atoms with Crippen LogP contribution in [0, 0.1) is 0 Å². The summed E-state index contributed by atoms with van der Waals surface area (Å²) in [5.41, 5.74) is 0. The van der Waals surface area contributed by atoms with Gasteiger partial charge < -0.3 is 9.73 Å². The van der Waals surface area contributed by atoms with Gasteiger partial charge in [-0.25, -0.2) is 4.98 Å². The van der Waals surface area contributed by atoms with E-state index in [2.05, 4.69) is 17.2 Å². The molecule has 0 aliphatic rings. The highest BCUT2D eigenvalue weighted by Gasteiger charge is 2.06. The third-order valence-electron chi connectivity index (χ3n) is 2.25. The minimum Gasteiger partial charge on any atom is -0.469 e. The summed E-state index contributed by atoms with van der Waals surface area (Å²) in [6.07, 6.45) is 3.64. The van der Waals surface area contributed by atoms with E-state index in [1.165, 1.54) is 11.3 Å². The van der Waals surface area contributed by atoms with Crippen molar-refractivity contribution in [3.8, 4) is 0 Å². The second-order valence-corrected chi connectivity index (χ2v) is 4.88. The molecule has 2 rings (SSSR count). The number of nitrogens with one attached hydrogen (secondary N) is 1. The topological polar surface area (TPSA) is 38.1 Å². The van der Waals surface area contributed by atoms with Gasteiger partial charge in [0.2, 0.25) is 0 Å². The Morgan fingerprint density at radius 1 is 1.62 bits per heavy atom. The SMILES string of the molecule is CC(CCc1ccco1)Nc1nc(Cl)cs1. The number of nitrogens with zero attached hydrogens (tertiary/aromatic N) is 1. The van der Waals surface area contributed by atoms with Gasteiger partial charge in [-0.05, 0) is 25.5 Å². The van der Waals surface area contributed by atoms with Gasteiger partial charge in [0.05, 0.1) is 6.26 Å². The zero-order valence-electron chi connectivity index (χ0n) is 8.94. The summed E-state index contributed by atoms with van der Waals surface area (Å²) < 4.78 is 5.28. The Morgan fingerprint density at radius 3 is 3.12 bits per heavy atom. The van der Waals surface area contributed by atoms with Gasteiger partial charge in [-0.15, -0.1) is 11.3 Å². The fourth-order valence-electron chi connectivity index (χ4n) is 1.42. The van der Waals surface area contributed by atoms with E-state index in [9.17, 15) is 0 Å². The van der Waals surface area contributed by atoms with E-state index >= 15 is 0 Å². The zero-order valence-corrected chi connectivity index (χ0v) is 10.5. The van der Waals surface area contributed by atoms with Crippen LogP contribution >= 0.6 is 22.9 Å². The number of hydrogen-bond donors (Lipinski definition) is 1. The number of furan rings is 1. The highest BCUT2D eigenvalue weighted by Crippen LogP contribution is 2.20. The number of hydrogen-bond acceptors (Lipinski definition) is 4. The van der Waals surface area contributed by atoms with Gasteiger partial charge in [-0.2, -0.15) is 0 Å². The first kappa shape index (κ1) is 11.5. The molecule has 1 N–H and O–H groups in total.